The molecule has 0 radical (unpaired) electrons. The van der Waals surface area contributed by atoms with Gasteiger partial charge in [-0.25, -0.2) is 4.79 Å². The van der Waals surface area contributed by atoms with Gasteiger partial charge in [-0.05, 0) is 18.0 Å². The predicted octanol–water partition coefficient (Wildman–Crippen LogP) is 1.99. The Labute approximate surface area is 87.5 Å². The van der Waals surface area contributed by atoms with Crippen LogP contribution in [-0.4, -0.2) is 21.2 Å². The summed E-state index contributed by atoms with van der Waals surface area (Å²) in [7, 11) is 0. The summed E-state index contributed by atoms with van der Waals surface area (Å²) < 4.78 is 5.03. The summed E-state index contributed by atoms with van der Waals surface area (Å²) in [6, 6.07) is 0. The van der Waals surface area contributed by atoms with E-state index in [0.717, 1.165) is 25.7 Å². The number of carboxylic acids is 1. The molecule has 82 valence electrons. The molecule has 0 amide bonds. The zero-order valence-electron chi connectivity index (χ0n) is 8.69. The minimum absolute atomic E-state index is 0.126. The van der Waals surface area contributed by atoms with E-state index >= 15 is 0 Å². The molecular formula is C10H14N2O3. The van der Waals surface area contributed by atoms with Crippen molar-refractivity contribution in [3.8, 4) is 0 Å². The van der Waals surface area contributed by atoms with Crippen molar-refractivity contribution >= 4 is 5.97 Å². The monoisotopic (exact) mass is 210 g/mol. The second kappa shape index (κ2) is 3.64. The minimum atomic E-state index is -1.13. The maximum absolute atomic E-state index is 10.6. The second-order valence-corrected chi connectivity index (χ2v) is 4.35. The Morgan fingerprint density at radius 1 is 1.40 bits per heavy atom. The first kappa shape index (κ1) is 10.1. The molecular weight excluding hydrogens is 196 g/mol. The summed E-state index contributed by atoms with van der Waals surface area (Å²) >= 11 is 0. The zero-order valence-corrected chi connectivity index (χ0v) is 8.69. The standard InChI is InChI=1S/C10H14N2O3/c1-10(5-3-2-4-6-10)9-11-7(8(13)14)12-15-9/h2-6H2,1H3,(H,13,14). The van der Waals surface area contributed by atoms with E-state index in [1.165, 1.54) is 6.42 Å². The van der Waals surface area contributed by atoms with Crippen LogP contribution in [0.5, 0.6) is 0 Å². The molecule has 1 N–H and O–H groups in total. The largest absolute Gasteiger partial charge is 0.475 e. The van der Waals surface area contributed by atoms with Crippen molar-refractivity contribution in [3.63, 3.8) is 0 Å². The average Bonchev–Trinajstić information content (AvgIpc) is 2.68. The lowest BCUT2D eigenvalue weighted by Gasteiger charge is -2.29. The van der Waals surface area contributed by atoms with Gasteiger partial charge in [0, 0.05) is 5.41 Å². The van der Waals surface area contributed by atoms with Crippen molar-refractivity contribution < 1.29 is 14.4 Å². The number of rotatable bonds is 2. The van der Waals surface area contributed by atoms with Gasteiger partial charge < -0.3 is 9.63 Å². The first-order valence-corrected chi connectivity index (χ1v) is 5.19. The van der Waals surface area contributed by atoms with Gasteiger partial charge in [0.1, 0.15) is 0 Å². The SMILES string of the molecule is CC1(c2nc(C(=O)O)no2)CCCCC1. The zero-order chi connectivity index (χ0) is 10.9. The van der Waals surface area contributed by atoms with E-state index in [4.69, 9.17) is 9.63 Å². The first-order chi connectivity index (χ1) is 7.12. The van der Waals surface area contributed by atoms with Crippen molar-refractivity contribution in [2.45, 2.75) is 44.4 Å². The van der Waals surface area contributed by atoms with Crippen molar-refractivity contribution in [1.82, 2.24) is 10.1 Å². The van der Waals surface area contributed by atoms with Crippen LogP contribution in [0.15, 0.2) is 4.52 Å². The Balaban J connectivity index is 2.23. The Morgan fingerprint density at radius 3 is 2.60 bits per heavy atom. The molecule has 15 heavy (non-hydrogen) atoms. The highest BCUT2D eigenvalue weighted by Crippen LogP contribution is 2.37. The van der Waals surface area contributed by atoms with E-state index in [9.17, 15) is 4.79 Å². The molecule has 0 aliphatic heterocycles. The van der Waals surface area contributed by atoms with Crippen LogP contribution in [0.25, 0.3) is 0 Å². The number of carboxylic acid groups (broad SMARTS) is 1. The van der Waals surface area contributed by atoms with Crippen molar-refractivity contribution in [1.29, 1.82) is 0 Å². The van der Waals surface area contributed by atoms with Crippen molar-refractivity contribution in [3.05, 3.63) is 11.7 Å². The van der Waals surface area contributed by atoms with Gasteiger partial charge in [0.05, 0.1) is 0 Å². The molecule has 1 aromatic rings. The molecule has 1 heterocycles. The van der Waals surface area contributed by atoms with Crippen LogP contribution in [-0.2, 0) is 5.41 Å². The van der Waals surface area contributed by atoms with Crippen LogP contribution in [0, 0.1) is 0 Å². The molecule has 1 fully saturated rings. The summed E-state index contributed by atoms with van der Waals surface area (Å²) in [6.07, 6.45) is 5.50. The van der Waals surface area contributed by atoms with Gasteiger partial charge in [-0.3, -0.25) is 0 Å². The molecule has 0 atom stereocenters. The van der Waals surface area contributed by atoms with E-state index in [2.05, 4.69) is 17.1 Å². The summed E-state index contributed by atoms with van der Waals surface area (Å²) in [5.41, 5.74) is -0.126. The molecule has 0 saturated heterocycles. The molecule has 0 aromatic carbocycles. The van der Waals surface area contributed by atoms with Gasteiger partial charge in [-0.1, -0.05) is 26.2 Å². The topological polar surface area (TPSA) is 76.2 Å². The Hall–Kier alpha value is -1.39. The Kier molecular flexibility index (Phi) is 2.46. The number of hydrogen-bond acceptors (Lipinski definition) is 4. The average molecular weight is 210 g/mol. The molecule has 1 saturated carbocycles. The normalized spacial score (nSPS) is 20.1. The van der Waals surface area contributed by atoms with Crippen molar-refractivity contribution in [2.75, 3.05) is 0 Å². The lowest BCUT2D eigenvalue weighted by atomic mass is 9.76. The predicted molar refractivity (Wildman–Crippen MR) is 51.7 cm³/mol. The molecule has 1 aliphatic carbocycles. The fraction of sp³-hybridized carbons (Fsp3) is 0.700. The van der Waals surface area contributed by atoms with E-state index < -0.39 is 5.97 Å². The molecule has 0 spiro atoms. The second-order valence-electron chi connectivity index (χ2n) is 4.35. The Bertz CT molecular complexity index is 366. The highest BCUT2D eigenvalue weighted by molar-refractivity contribution is 5.82. The number of aromatic carboxylic acids is 1. The summed E-state index contributed by atoms with van der Waals surface area (Å²) in [5, 5.41) is 12.1. The van der Waals surface area contributed by atoms with Crippen LogP contribution in [0.2, 0.25) is 0 Å². The van der Waals surface area contributed by atoms with Crippen LogP contribution in [0.4, 0.5) is 0 Å². The molecule has 1 aromatic heterocycles. The molecule has 5 heteroatoms. The van der Waals surface area contributed by atoms with Crippen LogP contribution in [0.1, 0.15) is 55.5 Å². The fourth-order valence-electron chi connectivity index (χ4n) is 2.10. The maximum Gasteiger partial charge on any atom is 0.377 e. The Morgan fingerprint density at radius 2 is 2.07 bits per heavy atom. The van der Waals surface area contributed by atoms with Gasteiger partial charge in [0.15, 0.2) is 0 Å². The van der Waals surface area contributed by atoms with Gasteiger partial charge in [0.25, 0.3) is 5.82 Å². The van der Waals surface area contributed by atoms with E-state index in [1.807, 2.05) is 0 Å². The van der Waals surface area contributed by atoms with Gasteiger partial charge >= 0.3 is 5.97 Å². The summed E-state index contributed by atoms with van der Waals surface area (Å²) in [5.74, 6) is -0.902. The highest BCUT2D eigenvalue weighted by atomic mass is 16.5. The third-order valence-electron chi connectivity index (χ3n) is 3.09. The minimum Gasteiger partial charge on any atom is -0.475 e. The van der Waals surface area contributed by atoms with E-state index in [0.29, 0.717) is 5.89 Å². The summed E-state index contributed by atoms with van der Waals surface area (Å²) in [4.78, 5) is 14.5. The summed E-state index contributed by atoms with van der Waals surface area (Å²) in [6.45, 7) is 2.06. The van der Waals surface area contributed by atoms with Gasteiger partial charge in [-0.15, -0.1) is 0 Å². The lowest BCUT2D eigenvalue weighted by molar-refractivity contribution is 0.0680. The smallest absolute Gasteiger partial charge is 0.377 e. The van der Waals surface area contributed by atoms with Crippen molar-refractivity contribution in [2.24, 2.45) is 0 Å². The molecule has 0 unspecified atom stereocenters. The number of hydrogen-bond donors (Lipinski definition) is 1. The maximum atomic E-state index is 10.6. The van der Waals surface area contributed by atoms with Gasteiger partial charge in [-0.2, -0.15) is 4.98 Å². The van der Waals surface area contributed by atoms with Crippen LogP contribution in [0.3, 0.4) is 0 Å². The molecule has 0 bridgehead atoms. The number of nitrogens with zero attached hydrogens (tertiary/aromatic N) is 2. The highest BCUT2D eigenvalue weighted by Gasteiger charge is 2.34. The molecule has 1 aliphatic rings. The molecule has 2 rings (SSSR count). The third-order valence-corrected chi connectivity index (χ3v) is 3.09. The number of aromatic nitrogens is 2. The number of carbonyl (C=O) groups is 1. The van der Waals surface area contributed by atoms with Gasteiger partial charge in [0.2, 0.25) is 5.89 Å². The molecule has 5 nitrogen and oxygen atoms in total. The quantitative estimate of drug-likeness (QED) is 0.807. The fourth-order valence-corrected chi connectivity index (χ4v) is 2.10. The van der Waals surface area contributed by atoms with Crippen LogP contribution < -0.4 is 0 Å². The van der Waals surface area contributed by atoms with E-state index in [-0.39, 0.29) is 11.2 Å². The lowest BCUT2D eigenvalue weighted by Crippen LogP contribution is -2.25. The van der Waals surface area contributed by atoms with Crippen LogP contribution >= 0.6 is 0 Å². The first-order valence-electron chi connectivity index (χ1n) is 5.19. The third kappa shape index (κ3) is 1.86. The van der Waals surface area contributed by atoms with E-state index in [1.54, 1.807) is 0 Å².